The molecule has 1 unspecified atom stereocenters. The number of hydrogen-bond donors (Lipinski definition) is 2. The number of amides is 1. The van der Waals surface area contributed by atoms with E-state index in [4.69, 9.17) is 10.5 Å². The molecule has 0 aliphatic heterocycles. The number of hydrogen-bond acceptors (Lipinski definition) is 3. The third-order valence-corrected chi connectivity index (χ3v) is 4.14. The van der Waals surface area contributed by atoms with Crippen LogP contribution in [0.4, 0.5) is 0 Å². The first-order chi connectivity index (χ1) is 12.0. The molecule has 1 atom stereocenters. The van der Waals surface area contributed by atoms with Crippen LogP contribution >= 0.6 is 0 Å². The summed E-state index contributed by atoms with van der Waals surface area (Å²) in [5, 5.41) is 3.02. The van der Waals surface area contributed by atoms with E-state index in [1.165, 1.54) is 0 Å². The predicted molar refractivity (Wildman–Crippen MR) is 102 cm³/mol. The van der Waals surface area contributed by atoms with Gasteiger partial charge in [0.2, 0.25) is 0 Å². The molecule has 4 heteroatoms. The van der Waals surface area contributed by atoms with E-state index in [0.717, 1.165) is 29.9 Å². The van der Waals surface area contributed by atoms with Crippen molar-refractivity contribution in [1.82, 2.24) is 5.32 Å². The fourth-order valence-corrected chi connectivity index (χ4v) is 2.42. The number of carbonyl (C=O) groups is 1. The maximum absolute atomic E-state index is 12.3. The largest absolute Gasteiger partial charge is 0.494 e. The van der Waals surface area contributed by atoms with Gasteiger partial charge in [0.25, 0.3) is 5.91 Å². The molecule has 0 aliphatic carbocycles. The molecule has 0 radical (unpaired) electrons. The Hall–Kier alpha value is -2.33. The lowest BCUT2D eigenvalue weighted by Crippen LogP contribution is -2.26. The molecule has 2 aromatic carbocycles. The van der Waals surface area contributed by atoms with Gasteiger partial charge in [0.15, 0.2) is 0 Å². The van der Waals surface area contributed by atoms with Crippen LogP contribution in [0.3, 0.4) is 0 Å². The molecule has 1 amide bonds. The van der Waals surface area contributed by atoms with E-state index in [1.54, 1.807) is 12.1 Å². The number of ether oxygens (including phenoxy) is 1. The predicted octanol–water partition coefficient (Wildman–Crippen LogP) is 4.06. The molecule has 2 rings (SSSR count). The molecule has 134 valence electrons. The maximum atomic E-state index is 12.3. The van der Waals surface area contributed by atoms with Crippen LogP contribution in [0.25, 0.3) is 0 Å². The lowest BCUT2D eigenvalue weighted by Gasteiger charge is -2.15. The second-order valence-electron chi connectivity index (χ2n) is 6.70. The second kappa shape index (κ2) is 9.23. The van der Waals surface area contributed by atoms with Crippen LogP contribution < -0.4 is 15.8 Å². The number of rotatable bonds is 8. The SMILES string of the molecule is CC(C)CCOc1ccc(C(C)NC(=O)c2ccc(CN)cc2)cc1. The van der Waals surface area contributed by atoms with E-state index in [2.05, 4.69) is 19.2 Å². The Morgan fingerprint density at radius 3 is 2.24 bits per heavy atom. The van der Waals surface area contributed by atoms with Gasteiger partial charge in [-0.15, -0.1) is 0 Å². The van der Waals surface area contributed by atoms with Crippen molar-refractivity contribution in [2.75, 3.05) is 6.61 Å². The van der Waals surface area contributed by atoms with Gasteiger partial charge < -0.3 is 15.8 Å². The number of nitrogens with two attached hydrogens (primary N) is 1. The van der Waals surface area contributed by atoms with E-state index < -0.39 is 0 Å². The average molecular weight is 340 g/mol. The van der Waals surface area contributed by atoms with E-state index in [1.807, 2.05) is 43.3 Å². The smallest absolute Gasteiger partial charge is 0.251 e. The van der Waals surface area contributed by atoms with Crippen molar-refractivity contribution in [2.24, 2.45) is 11.7 Å². The van der Waals surface area contributed by atoms with Gasteiger partial charge >= 0.3 is 0 Å². The van der Waals surface area contributed by atoms with Crippen LogP contribution in [0, 0.1) is 5.92 Å². The molecule has 4 nitrogen and oxygen atoms in total. The molecule has 0 heterocycles. The summed E-state index contributed by atoms with van der Waals surface area (Å²) in [5.74, 6) is 1.40. The van der Waals surface area contributed by atoms with Gasteiger partial charge in [-0.2, -0.15) is 0 Å². The van der Waals surface area contributed by atoms with E-state index in [-0.39, 0.29) is 11.9 Å². The highest BCUT2D eigenvalue weighted by Gasteiger charge is 2.11. The summed E-state index contributed by atoms with van der Waals surface area (Å²) in [4.78, 5) is 12.3. The molecule has 3 N–H and O–H groups in total. The topological polar surface area (TPSA) is 64.3 Å². The number of carbonyl (C=O) groups excluding carboxylic acids is 1. The van der Waals surface area contributed by atoms with Crippen molar-refractivity contribution in [1.29, 1.82) is 0 Å². The minimum Gasteiger partial charge on any atom is -0.494 e. The van der Waals surface area contributed by atoms with Crippen molar-refractivity contribution < 1.29 is 9.53 Å². The van der Waals surface area contributed by atoms with E-state index in [0.29, 0.717) is 18.0 Å². The van der Waals surface area contributed by atoms with Crippen molar-refractivity contribution in [3.63, 3.8) is 0 Å². The summed E-state index contributed by atoms with van der Waals surface area (Å²) in [5.41, 5.74) is 8.27. The average Bonchev–Trinajstić information content (AvgIpc) is 2.62. The van der Waals surface area contributed by atoms with Crippen LogP contribution in [-0.4, -0.2) is 12.5 Å². The van der Waals surface area contributed by atoms with Gasteiger partial charge in [-0.3, -0.25) is 4.79 Å². The van der Waals surface area contributed by atoms with Crippen molar-refractivity contribution >= 4 is 5.91 Å². The third-order valence-electron chi connectivity index (χ3n) is 4.14. The molecule has 25 heavy (non-hydrogen) atoms. The standard InChI is InChI=1S/C21H28N2O2/c1-15(2)12-13-25-20-10-8-18(9-11-20)16(3)23-21(24)19-6-4-17(14-22)5-7-19/h4-11,15-16H,12-14,22H2,1-3H3,(H,23,24). The van der Waals surface area contributed by atoms with E-state index >= 15 is 0 Å². The number of benzene rings is 2. The lowest BCUT2D eigenvalue weighted by atomic mass is 10.1. The first kappa shape index (κ1) is 19.0. The zero-order chi connectivity index (χ0) is 18.2. The molecular formula is C21H28N2O2. The molecule has 0 spiro atoms. The Morgan fingerprint density at radius 2 is 1.68 bits per heavy atom. The molecule has 0 aliphatic rings. The Labute approximate surface area is 150 Å². The highest BCUT2D eigenvalue weighted by molar-refractivity contribution is 5.94. The van der Waals surface area contributed by atoms with E-state index in [9.17, 15) is 4.79 Å². The summed E-state index contributed by atoms with van der Waals surface area (Å²) in [6, 6.07) is 15.2. The quantitative estimate of drug-likeness (QED) is 0.761. The molecule has 0 saturated heterocycles. The monoisotopic (exact) mass is 340 g/mol. The summed E-state index contributed by atoms with van der Waals surface area (Å²) in [7, 11) is 0. The first-order valence-corrected chi connectivity index (χ1v) is 8.82. The highest BCUT2D eigenvalue weighted by Crippen LogP contribution is 2.19. The van der Waals surface area contributed by atoms with Gasteiger partial charge in [0.05, 0.1) is 12.6 Å². The summed E-state index contributed by atoms with van der Waals surface area (Å²) < 4.78 is 5.73. The third kappa shape index (κ3) is 5.91. The zero-order valence-corrected chi connectivity index (χ0v) is 15.3. The fourth-order valence-electron chi connectivity index (χ4n) is 2.42. The summed E-state index contributed by atoms with van der Waals surface area (Å²) >= 11 is 0. The summed E-state index contributed by atoms with van der Waals surface area (Å²) in [6.45, 7) is 7.54. The van der Waals surface area contributed by atoms with Crippen LogP contribution in [-0.2, 0) is 6.54 Å². The van der Waals surface area contributed by atoms with Crippen LogP contribution in [0.2, 0.25) is 0 Å². The molecule has 0 saturated carbocycles. The Bertz CT molecular complexity index is 663. The highest BCUT2D eigenvalue weighted by atomic mass is 16.5. The van der Waals surface area contributed by atoms with Crippen LogP contribution in [0.1, 0.15) is 54.7 Å². The maximum Gasteiger partial charge on any atom is 0.251 e. The first-order valence-electron chi connectivity index (χ1n) is 8.82. The zero-order valence-electron chi connectivity index (χ0n) is 15.3. The number of nitrogens with one attached hydrogen (secondary N) is 1. The minimum absolute atomic E-state index is 0.0774. The van der Waals surface area contributed by atoms with Crippen LogP contribution in [0.15, 0.2) is 48.5 Å². The normalized spacial score (nSPS) is 12.0. The molecule has 0 bridgehead atoms. The Kier molecular flexibility index (Phi) is 7.02. The fraction of sp³-hybridized carbons (Fsp3) is 0.381. The van der Waals surface area contributed by atoms with Crippen molar-refractivity contribution in [3.05, 3.63) is 65.2 Å². The van der Waals surface area contributed by atoms with Crippen molar-refractivity contribution in [2.45, 2.75) is 39.8 Å². The van der Waals surface area contributed by atoms with Crippen LogP contribution in [0.5, 0.6) is 5.75 Å². The minimum atomic E-state index is -0.0895. The molecule has 0 aromatic heterocycles. The van der Waals surface area contributed by atoms with Gasteiger partial charge in [-0.1, -0.05) is 38.1 Å². The Balaban J connectivity index is 1.90. The second-order valence-corrected chi connectivity index (χ2v) is 6.70. The molecule has 2 aromatic rings. The van der Waals surface area contributed by atoms with Crippen molar-refractivity contribution in [3.8, 4) is 5.75 Å². The van der Waals surface area contributed by atoms with Gasteiger partial charge in [-0.25, -0.2) is 0 Å². The van der Waals surface area contributed by atoms with Gasteiger partial charge in [0.1, 0.15) is 5.75 Å². The van der Waals surface area contributed by atoms with Gasteiger partial charge in [-0.05, 0) is 54.7 Å². The molecule has 0 fully saturated rings. The molecular weight excluding hydrogens is 312 g/mol. The lowest BCUT2D eigenvalue weighted by molar-refractivity contribution is 0.0940. The summed E-state index contributed by atoms with van der Waals surface area (Å²) in [6.07, 6.45) is 1.04. The Morgan fingerprint density at radius 1 is 1.04 bits per heavy atom. The van der Waals surface area contributed by atoms with Gasteiger partial charge in [0, 0.05) is 12.1 Å².